The van der Waals surface area contributed by atoms with E-state index in [9.17, 15) is 9.50 Å². The van der Waals surface area contributed by atoms with Crippen LogP contribution in [-0.2, 0) is 11.7 Å². The van der Waals surface area contributed by atoms with Gasteiger partial charge in [0.15, 0.2) is 0 Å². The van der Waals surface area contributed by atoms with E-state index in [2.05, 4.69) is 20.9 Å². The van der Waals surface area contributed by atoms with Crippen molar-refractivity contribution in [3.05, 3.63) is 28.2 Å². The summed E-state index contributed by atoms with van der Waals surface area (Å²) in [6, 6.07) is 1.22. The average molecular weight is 205 g/mol. The largest absolute Gasteiger partial charge is 0.254 e. The Kier molecular flexibility index (Phi) is 2.34. The smallest absolute Gasteiger partial charge is 0.148 e. The Morgan fingerprint density at radius 1 is 1.70 bits per heavy atom. The van der Waals surface area contributed by atoms with Crippen LogP contribution in [0.4, 0.5) is 4.39 Å². The van der Waals surface area contributed by atoms with Crippen molar-refractivity contribution in [2.24, 2.45) is 0 Å². The number of rotatable bonds is 1. The maximum absolute atomic E-state index is 12.6. The van der Waals surface area contributed by atoms with Gasteiger partial charge in [-0.1, -0.05) is 0 Å². The Balaban J connectivity index is 3.07. The third kappa shape index (κ3) is 1.52. The lowest BCUT2D eigenvalue weighted by Crippen LogP contribution is -1.92. The van der Waals surface area contributed by atoms with Crippen LogP contribution in [0.15, 0.2) is 16.7 Å². The van der Waals surface area contributed by atoms with Crippen molar-refractivity contribution in [3.8, 4) is 0 Å². The van der Waals surface area contributed by atoms with Gasteiger partial charge in [-0.05, 0) is 22.0 Å². The molecule has 1 radical (unpaired) electrons. The fourth-order valence-corrected chi connectivity index (χ4v) is 0.852. The van der Waals surface area contributed by atoms with Gasteiger partial charge < -0.3 is 0 Å². The molecule has 53 valence electrons. The molecular formula is C6H4BrFNO. The normalized spacial score (nSPS) is 9.90. The van der Waals surface area contributed by atoms with E-state index in [0.717, 1.165) is 0 Å². The third-order valence-electron chi connectivity index (χ3n) is 1.02. The molecule has 0 aromatic carbocycles. The molecule has 0 atom stereocenters. The van der Waals surface area contributed by atoms with E-state index in [-0.39, 0.29) is 5.69 Å². The summed E-state index contributed by atoms with van der Waals surface area (Å²) in [6.07, 6.45) is 1.40. The number of pyridine rings is 1. The highest BCUT2D eigenvalue weighted by atomic mass is 79.9. The lowest BCUT2D eigenvalue weighted by molar-refractivity contribution is 0.169. The summed E-state index contributed by atoms with van der Waals surface area (Å²) in [7, 11) is 0. The first-order chi connectivity index (χ1) is 4.74. The predicted octanol–water partition coefficient (Wildman–Crippen LogP) is 1.91. The molecular weight excluding hydrogens is 201 g/mol. The zero-order chi connectivity index (χ0) is 7.56. The summed E-state index contributed by atoms with van der Waals surface area (Å²) in [5.41, 5.74) is -0.0387. The highest BCUT2D eigenvalue weighted by Gasteiger charge is 2.01. The minimum Gasteiger partial charge on any atom is -0.254 e. The van der Waals surface area contributed by atoms with Gasteiger partial charge in [-0.2, -0.15) is 0 Å². The topological polar surface area (TPSA) is 32.8 Å². The molecule has 0 amide bonds. The molecule has 0 unspecified atom stereocenters. The van der Waals surface area contributed by atoms with Crippen LogP contribution >= 0.6 is 15.9 Å². The molecule has 1 aromatic heterocycles. The highest BCUT2D eigenvalue weighted by Crippen LogP contribution is 2.11. The molecule has 0 aliphatic rings. The number of halogens is 2. The van der Waals surface area contributed by atoms with E-state index in [1.54, 1.807) is 0 Å². The van der Waals surface area contributed by atoms with E-state index >= 15 is 0 Å². The first-order valence-electron chi connectivity index (χ1n) is 2.62. The maximum atomic E-state index is 12.6. The number of aromatic nitrogens is 1. The Morgan fingerprint density at radius 3 is 2.90 bits per heavy atom. The molecule has 0 saturated heterocycles. The predicted molar refractivity (Wildman–Crippen MR) is 36.3 cm³/mol. The van der Waals surface area contributed by atoms with Gasteiger partial charge in [-0.15, -0.1) is 0 Å². The lowest BCUT2D eigenvalue weighted by atomic mass is 10.3. The molecule has 0 N–H and O–H groups in total. The van der Waals surface area contributed by atoms with E-state index < -0.39 is 12.4 Å². The van der Waals surface area contributed by atoms with E-state index in [1.165, 1.54) is 12.3 Å². The Morgan fingerprint density at radius 2 is 2.40 bits per heavy atom. The van der Waals surface area contributed by atoms with Crippen LogP contribution in [0.5, 0.6) is 0 Å². The zero-order valence-electron chi connectivity index (χ0n) is 4.97. The summed E-state index contributed by atoms with van der Waals surface area (Å²) >= 11 is 3.02. The first kappa shape index (κ1) is 7.63. The monoisotopic (exact) mass is 204 g/mol. The molecule has 0 bridgehead atoms. The van der Waals surface area contributed by atoms with E-state index in [1.807, 2.05) is 0 Å². The van der Waals surface area contributed by atoms with Crippen molar-refractivity contribution >= 4 is 15.9 Å². The number of hydrogen-bond donors (Lipinski definition) is 0. The third-order valence-corrected chi connectivity index (χ3v) is 1.45. The molecule has 1 rings (SSSR count). The SMILES string of the molecule is [O]Cc1ncc(Br)cc1F. The van der Waals surface area contributed by atoms with Gasteiger partial charge in [0.25, 0.3) is 0 Å². The molecule has 1 aromatic rings. The van der Waals surface area contributed by atoms with Crippen LogP contribution in [0.1, 0.15) is 5.69 Å². The van der Waals surface area contributed by atoms with Gasteiger partial charge in [0.2, 0.25) is 0 Å². The highest BCUT2D eigenvalue weighted by molar-refractivity contribution is 9.10. The van der Waals surface area contributed by atoms with Crippen molar-refractivity contribution < 1.29 is 9.50 Å². The molecule has 2 nitrogen and oxygen atoms in total. The molecule has 10 heavy (non-hydrogen) atoms. The minimum absolute atomic E-state index is 0.0387. The van der Waals surface area contributed by atoms with Crippen LogP contribution in [0.25, 0.3) is 0 Å². The summed E-state index contributed by atoms with van der Waals surface area (Å²) in [4.78, 5) is 3.56. The molecule has 4 heteroatoms. The second kappa shape index (κ2) is 3.07. The van der Waals surface area contributed by atoms with E-state index in [0.29, 0.717) is 4.47 Å². The fraction of sp³-hybridized carbons (Fsp3) is 0.167. The van der Waals surface area contributed by atoms with Gasteiger partial charge in [-0.25, -0.2) is 9.50 Å². The Hall–Kier alpha value is -0.480. The minimum atomic E-state index is -0.612. The zero-order valence-corrected chi connectivity index (χ0v) is 6.56. The van der Waals surface area contributed by atoms with Crippen LogP contribution in [0.3, 0.4) is 0 Å². The summed E-state index contributed by atoms with van der Waals surface area (Å²) in [5.74, 6) is -0.552. The Labute approximate surface area is 65.8 Å². The summed E-state index contributed by atoms with van der Waals surface area (Å²) in [6.45, 7) is -0.612. The van der Waals surface area contributed by atoms with Gasteiger partial charge in [0.05, 0.1) is 0 Å². The number of hydrogen-bond acceptors (Lipinski definition) is 1. The molecule has 0 aliphatic heterocycles. The van der Waals surface area contributed by atoms with Crippen molar-refractivity contribution in [1.82, 2.24) is 4.98 Å². The van der Waals surface area contributed by atoms with Crippen LogP contribution in [0.2, 0.25) is 0 Å². The molecule has 0 aliphatic carbocycles. The van der Waals surface area contributed by atoms with Crippen molar-refractivity contribution in [2.75, 3.05) is 0 Å². The van der Waals surface area contributed by atoms with Crippen molar-refractivity contribution in [1.29, 1.82) is 0 Å². The molecule has 0 spiro atoms. The van der Waals surface area contributed by atoms with Crippen LogP contribution in [-0.4, -0.2) is 4.98 Å². The summed E-state index contributed by atoms with van der Waals surface area (Å²) < 4.78 is 13.1. The second-order valence-electron chi connectivity index (χ2n) is 1.73. The maximum Gasteiger partial charge on any atom is 0.148 e. The van der Waals surface area contributed by atoms with Gasteiger partial charge >= 0.3 is 0 Å². The lowest BCUT2D eigenvalue weighted by Gasteiger charge is -1.95. The molecule has 0 fully saturated rings. The fourth-order valence-electron chi connectivity index (χ4n) is 0.549. The Bertz CT molecular complexity index is 241. The second-order valence-corrected chi connectivity index (χ2v) is 2.64. The van der Waals surface area contributed by atoms with Gasteiger partial charge in [0.1, 0.15) is 18.1 Å². The van der Waals surface area contributed by atoms with E-state index in [4.69, 9.17) is 0 Å². The van der Waals surface area contributed by atoms with Gasteiger partial charge in [0, 0.05) is 10.7 Å². The molecule has 0 saturated carbocycles. The molecule has 1 heterocycles. The van der Waals surface area contributed by atoms with Crippen molar-refractivity contribution in [3.63, 3.8) is 0 Å². The van der Waals surface area contributed by atoms with Crippen LogP contribution in [0, 0.1) is 5.82 Å². The summed E-state index contributed by atoms with van der Waals surface area (Å²) in [5, 5.41) is 10.1. The van der Waals surface area contributed by atoms with Gasteiger partial charge in [-0.3, -0.25) is 4.98 Å². The van der Waals surface area contributed by atoms with Crippen molar-refractivity contribution in [2.45, 2.75) is 6.61 Å². The first-order valence-corrected chi connectivity index (χ1v) is 3.41. The quantitative estimate of drug-likeness (QED) is 0.689. The standard InChI is InChI=1S/C6H4BrFNO/c7-4-1-5(8)6(3-10)9-2-4/h1-2H,3H2. The number of nitrogens with zero attached hydrogens (tertiary/aromatic N) is 1. The average Bonchev–Trinajstić information content (AvgIpc) is 1.88. The van der Waals surface area contributed by atoms with Crippen LogP contribution < -0.4 is 0 Å².